The van der Waals surface area contributed by atoms with Crippen molar-refractivity contribution in [2.24, 2.45) is 0 Å². The molecule has 6 heteroatoms. The van der Waals surface area contributed by atoms with Crippen LogP contribution < -0.4 is 9.47 Å². The topological polar surface area (TPSA) is 59.3 Å². The maximum absolute atomic E-state index is 13.0. The van der Waals surface area contributed by atoms with Crippen molar-refractivity contribution in [2.45, 2.75) is 6.42 Å². The number of hydrogen-bond donors (Lipinski definition) is 0. The molecule has 0 radical (unpaired) electrons. The molecule has 0 unspecified atom stereocenters. The van der Waals surface area contributed by atoms with E-state index < -0.39 is 5.97 Å². The highest BCUT2D eigenvalue weighted by atomic mass is 35.5. The summed E-state index contributed by atoms with van der Waals surface area (Å²) in [6, 6.07) is 19.8. The Balaban J connectivity index is 1.78. The molecular formula is C24H17ClFNO3. The van der Waals surface area contributed by atoms with E-state index in [0.29, 0.717) is 27.5 Å². The lowest BCUT2D eigenvalue weighted by atomic mass is 10.0. The van der Waals surface area contributed by atoms with E-state index in [2.05, 4.69) is 6.07 Å². The van der Waals surface area contributed by atoms with Crippen LogP contribution in [0.25, 0.3) is 11.6 Å². The average Bonchev–Trinajstić information content (AvgIpc) is 2.75. The standard InChI is InChI=1S/C24H17ClFNO3/c1-29-23-13-17(12-19(15-27)18-5-7-20(25)8-6-18)4-11-22(23)30-24(28)14-16-2-9-21(26)10-3-16/h2-13H,14H2,1H3. The molecule has 0 saturated heterocycles. The van der Waals surface area contributed by atoms with Crippen molar-refractivity contribution in [3.63, 3.8) is 0 Å². The van der Waals surface area contributed by atoms with Crippen LogP contribution in [0.1, 0.15) is 16.7 Å². The number of nitrogens with zero attached hydrogens (tertiary/aromatic N) is 1. The maximum Gasteiger partial charge on any atom is 0.315 e. The molecule has 0 aliphatic rings. The summed E-state index contributed by atoms with van der Waals surface area (Å²) in [5.74, 6) is -0.258. The Hall–Kier alpha value is -3.62. The molecule has 0 aliphatic heterocycles. The van der Waals surface area contributed by atoms with Gasteiger partial charge in [-0.25, -0.2) is 4.39 Å². The van der Waals surface area contributed by atoms with Crippen molar-refractivity contribution >= 4 is 29.2 Å². The van der Waals surface area contributed by atoms with Gasteiger partial charge in [-0.05, 0) is 59.2 Å². The fraction of sp³-hybridized carbons (Fsp3) is 0.0833. The van der Waals surface area contributed by atoms with Crippen LogP contribution in [0, 0.1) is 17.1 Å². The van der Waals surface area contributed by atoms with Crippen LogP contribution in [0.2, 0.25) is 5.02 Å². The molecule has 0 saturated carbocycles. The minimum Gasteiger partial charge on any atom is -0.493 e. The predicted octanol–water partition coefficient (Wildman–Crippen LogP) is 5.70. The molecule has 3 rings (SSSR count). The minimum absolute atomic E-state index is 0.000234. The molecule has 0 heterocycles. The molecule has 0 amide bonds. The number of nitriles is 1. The molecule has 30 heavy (non-hydrogen) atoms. The monoisotopic (exact) mass is 421 g/mol. The molecule has 3 aromatic rings. The van der Waals surface area contributed by atoms with E-state index in [1.165, 1.54) is 31.4 Å². The van der Waals surface area contributed by atoms with Gasteiger partial charge >= 0.3 is 5.97 Å². The number of carbonyl (C=O) groups is 1. The Kier molecular flexibility index (Phi) is 6.84. The third-order valence-corrected chi connectivity index (χ3v) is 4.51. The van der Waals surface area contributed by atoms with Gasteiger partial charge in [-0.15, -0.1) is 0 Å². The number of hydrogen-bond acceptors (Lipinski definition) is 4. The molecule has 4 nitrogen and oxygen atoms in total. The molecule has 0 spiro atoms. The highest BCUT2D eigenvalue weighted by molar-refractivity contribution is 6.30. The number of benzene rings is 3. The van der Waals surface area contributed by atoms with E-state index in [0.717, 1.165) is 5.56 Å². The number of ether oxygens (including phenoxy) is 2. The number of esters is 1. The highest BCUT2D eigenvalue weighted by Crippen LogP contribution is 2.30. The first-order valence-corrected chi connectivity index (χ1v) is 9.37. The Morgan fingerprint density at radius 2 is 1.77 bits per heavy atom. The smallest absolute Gasteiger partial charge is 0.315 e. The largest absolute Gasteiger partial charge is 0.493 e. The second-order valence-corrected chi connectivity index (χ2v) is 6.80. The third-order valence-electron chi connectivity index (χ3n) is 4.26. The van der Waals surface area contributed by atoms with E-state index in [4.69, 9.17) is 21.1 Å². The van der Waals surface area contributed by atoms with Crippen LogP contribution in [0.3, 0.4) is 0 Å². The van der Waals surface area contributed by atoms with Crippen LogP contribution in [0.15, 0.2) is 66.7 Å². The van der Waals surface area contributed by atoms with Crippen molar-refractivity contribution in [3.8, 4) is 17.6 Å². The molecule has 0 aromatic heterocycles. The van der Waals surface area contributed by atoms with Gasteiger partial charge in [0.2, 0.25) is 0 Å². The van der Waals surface area contributed by atoms with Crippen molar-refractivity contribution in [1.29, 1.82) is 5.26 Å². The molecule has 0 N–H and O–H groups in total. The molecule has 0 aliphatic carbocycles. The van der Waals surface area contributed by atoms with Gasteiger partial charge < -0.3 is 9.47 Å². The summed E-state index contributed by atoms with van der Waals surface area (Å²) in [6.07, 6.45) is 1.70. The number of carbonyl (C=O) groups excluding carboxylic acids is 1. The Morgan fingerprint density at radius 3 is 2.40 bits per heavy atom. The fourth-order valence-corrected chi connectivity index (χ4v) is 2.89. The van der Waals surface area contributed by atoms with Crippen LogP contribution >= 0.6 is 11.6 Å². The number of halogens is 2. The summed E-state index contributed by atoms with van der Waals surface area (Å²) in [6.45, 7) is 0. The molecule has 0 bridgehead atoms. The van der Waals surface area contributed by atoms with Crippen LogP contribution in [0.5, 0.6) is 11.5 Å². The van der Waals surface area contributed by atoms with Crippen molar-refractivity contribution in [1.82, 2.24) is 0 Å². The molecule has 3 aromatic carbocycles. The first-order valence-electron chi connectivity index (χ1n) is 8.99. The van der Waals surface area contributed by atoms with E-state index in [1.54, 1.807) is 48.5 Å². The molecule has 150 valence electrons. The van der Waals surface area contributed by atoms with E-state index in [9.17, 15) is 14.4 Å². The molecule has 0 fully saturated rings. The minimum atomic E-state index is -0.498. The van der Waals surface area contributed by atoms with Gasteiger partial charge in [0.25, 0.3) is 0 Å². The van der Waals surface area contributed by atoms with Crippen molar-refractivity contribution in [3.05, 3.63) is 94.3 Å². The van der Waals surface area contributed by atoms with Crippen LogP contribution in [-0.4, -0.2) is 13.1 Å². The fourth-order valence-electron chi connectivity index (χ4n) is 2.76. The van der Waals surface area contributed by atoms with Crippen LogP contribution in [-0.2, 0) is 11.2 Å². The van der Waals surface area contributed by atoms with Gasteiger partial charge in [0.1, 0.15) is 5.82 Å². The zero-order valence-electron chi connectivity index (χ0n) is 16.1. The van der Waals surface area contributed by atoms with Crippen LogP contribution in [0.4, 0.5) is 4.39 Å². The zero-order valence-corrected chi connectivity index (χ0v) is 16.8. The third kappa shape index (κ3) is 5.47. The van der Waals surface area contributed by atoms with Gasteiger partial charge in [-0.3, -0.25) is 4.79 Å². The second kappa shape index (κ2) is 9.73. The predicted molar refractivity (Wildman–Crippen MR) is 114 cm³/mol. The maximum atomic E-state index is 13.0. The van der Waals surface area contributed by atoms with E-state index in [1.807, 2.05) is 0 Å². The quantitative estimate of drug-likeness (QED) is 0.222. The number of methoxy groups -OCH3 is 1. The van der Waals surface area contributed by atoms with Crippen molar-refractivity contribution < 1.29 is 18.7 Å². The average molecular weight is 422 g/mol. The lowest BCUT2D eigenvalue weighted by Gasteiger charge is -2.10. The summed E-state index contributed by atoms with van der Waals surface area (Å²) in [5, 5.41) is 10.1. The SMILES string of the molecule is COc1cc(C=C(C#N)c2ccc(Cl)cc2)ccc1OC(=O)Cc1ccc(F)cc1. The first kappa shape index (κ1) is 21.1. The second-order valence-electron chi connectivity index (χ2n) is 6.36. The van der Waals surface area contributed by atoms with Gasteiger partial charge in [-0.1, -0.05) is 41.9 Å². The molecule has 0 atom stereocenters. The van der Waals surface area contributed by atoms with E-state index in [-0.39, 0.29) is 18.0 Å². The van der Waals surface area contributed by atoms with Gasteiger partial charge in [0, 0.05) is 5.02 Å². The van der Waals surface area contributed by atoms with Gasteiger partial charge in [-0.2, -0.15) is 5.26 Å². The first-order chi connectivity index (χ1) is 14.5. The van der Waals surface area contributed by atoms with E-state index >= 15 is 0 Å². The van der Waals surface area contributed by atoms with Crippen molar-refractivity contribution in [2.75, 3.05) is 7.11 Å². The summed E-state index contributed by atoms with van der Waals surface area (Å²) < 4.78 is 23.7. The molecular weight excluding hydrogens is 405 g/mol. The highest BCUT2D eigenvalue weighted by Gasteiger charge is 2.12. The summed E-state index contributed by atoms with van der Waals surface area (Å²) in [5.41, 5.74) is 2.53. The lowest BCUT2D eigenvalue weighted by molar-refractivity contribution is -0.133. The summed E-state index contributed by atoms with van der Waals surface area (Å²) in [4.78, 5) is 12.2. The zero-order chi connectivity index (χ0) is 21.5. The Bertz CT molecular complexity index is 1120. The normalized spacial score (nSPS) is 10.9. The number of allylic oxidation sites excluding steroid dienone is 1. The summed E-state index contributed by atoms with van der Waals surface area (Å²) >= 11 is 5.90. The summed E-state index contributed by atoms with van der Waals surface area (Å²) in [7, 11) is 1.46. The van der Waals surface area contributed by atoms with Gasteiger partial charge in [0.15, 0.2) is 11.5 Å². The Labute approximate surface area is 178 Å². The lowest BCUT2D eigenvalue weighted by Crippen LogP contribution is -2.12. The Morgan fingerprint density at radius 1 is 1.07 bits per heavy atom. The van der Waals surface area contributed by atoms with Gasteiger partial charge in [0.05, 0.1) is 25.2 Å². The number of rotatable bonds is 6.